The van der Waals surface area contributed by atoms with Crippen LogP contribution in [0, 0.1) is 19.8 Å². The normalized spacial score (nSPS) is 11.0. The molecule has 0 saturated carbocycles. The number of halogens is 2. The molecular weight excluding hydrogens is 399 g/mol. The van der Waals surface area contributed by atoms with Gasteiger partial charge in [0.15, 0.2) is 0 Å². The fourth-order valence-electron chi connectivity index (χ4n) is 2.90. The molecule has 0 aliphatic heterocycles. The number of anilines is 1. The Morgan fingerprint density at radius 1 is 1.21 bits per heavy atom. The van der Waals surface area contributed by atoms with Crippen LogP contribution in [0.25, 0.3) is 0 Å². The first-order chi connectivity index (χ1) is 13.1. The first-order valence-electron chi connectivity index (χ1n) is 9.10. The lowest BCUT2D eigenvalue weighted by Gasteiger charge is -2.18. The van der Waals surface area contributed by atoms with Crippen LogP contribution >= 0.6 is 23.2 Å². The molecule has 0 aliphatic carbocycles. The van der Waals surface area contributed by atoms with Crippen LogP contribution in [0.3, 0.4) is 0 Å². The molecule has 0 spiro atoms. The summed E-state index contributed by atoms with van der Waals surface area (Å²) in [6, 6.07) is 4.97. The summed E-state index contributed by atoms with van der Waals surface area (Å²) in [6.45, 7) is 8.82. The van der Waals surface area contributed by atoms with E-state index in [1.54, 1.807) is 25.2 Å². The van der Waals surface area contributed by atoms with Crippen LogP contribution in [-0.4, -0.2) is 40.1 Å². The monoisotopic (exact) mass is 424 g/mol. The Balaban J connectivity index is 2.01. The van der Waals surface area contributed by atoms with Crippen molar-refractivity contribution in [3.05, 3.63) is 45.2 Å². The molecule has 0 radical (unpaired) electrons. The molecule has 8 heteroatoms. The summed E-state index contributed by atoms with van der Waals surface area (Å²) in [5.41, 5.74) is 3.08. The van der Waals surface area contributed by atoms with Gasteiger partial charge in [-0.2, -0.15) is 5.10 Å². The van der Waals surface area contributed by atoms with E-state index in [2.05, 4.69) is 24.3 Å². The topological polar surface area (TPSA) is 67.2 Å². The molecule has 0 saturated heterocycles. The Morgan fingerprint density at radius 2 is 1.82 bits per heavy atom. The maximum Gasteiger partial charge on any atom is 0.244 e. The largest absolute Gasteiger partial charge is 0.336 e. The van der Waals surface area contributed by atoms with Crippen molar-refractivity contribution in [1.29, 1.82) is 0 Å². The average molecular weight is 425 g/mol. The van der Waals surface area contributed by atoms with E-state index in [4.69, 9.17) is 23.2 Å². The van der Waals surface area contributed by atoms with Gasteiger partial charge < -0.3 is 10.2 Å². The van der Waals surface area contributed by atoms with Crippen molar-refractivity contribution in [2.24, 2.45) is 5.92 Å². The highest BCUT2D eigenvalue weighted by atomic mass is 35.5. The second-order valence-electron chi connectivity index (χ2n) is 7.30. The van der Waals surface area contributed by atoms with Gasteiger partial charge in [0.05, 0.1) is 34.4 Å². The standard InChI is InChI=1S/C20H26Cl2N4O2/c1-12(2)10-26-14(4)15(13(3)24-26)9-19(28)25(5)11-18(27)23-20-16(21)7-6-8-17(20)22/h6-8,12H,9-11H2,1-5H3,(H,23,27). The number of nitrogens with zero attached hydrogens (tertiary/aromatic N) is 3. The zero-order valence-corrected chi connectivity index (χ0v) is 18.4. The van der Waals surface area contributed by atoms with Crippen LogP contribution in [0.4, 0.5) is 5.69 Å². The third kappa shape index (κ3) is 5.49. The van der Waals surface area contributed by atoms with E-state index >= 15 is 0 Å². The van der Waals surface area contributed by atoms with E-state index < -0.39 is 0 Å². The summed E-state index contributed by atoms with van der Waals surface area (Å²) >= 11 is 12.1. The zero-order chi connectivity index (χ0) is 21.0. The van der Waals surface area contributed by atoms with Crippen molar-refractivity contribution < 1.29 is 9.59 Å². The van der Waals surface area contributed by atoms with E-state index in [0.29, 0.717) is 21.7 Å². The van der Waals surface area contributed by atoms with Crippen LogP contribution in [0.2, 0.25) is 10.0 Å². The lowest BCUT2D eigenvalue weighted by molar-refractivity contribution is -0.132. The number of carbonyl (C=O) groups excluding carboxylic acids is 2. The van der Waals surface area contributed by atoms with Gasteiger partial charge in [-0.25, -0.2) is 0 Å². The number of rotatable bonds is 7. The van der Waals surface area contributed by atoms with Crippen LogP contribution < -0.4 is 5.32 Å². The van der Waals surface area contributed by atoms with Crippen LogP contribution in [0.15, 0.2) is 18.2 Å². The molecule has 0 aliphatic rings. The predicted octanol–water partition coefficient (Wildman–Crippen LogP) is 4.10. The number of hydrogen-bond donors (Lipinski definition) is 1. The minimum absolute atomic E-state index is 0.0986. The van der Waals surface area contributed by atoms with Gasteiger partial charge in [0.2, 0.25) is 11.8 Å². The summed E-state index contributed by atoms with van der Waals surface area (Å²) in [5.74, 6) is -0.0601. The van der Waals surface area contributed by atoms with Gasteiger partial charge >= 0.3 is 0 Å². The van der Waals surface area contributed by atoms with Gasteiger partial charge in [0.25, 0.3) is 0 Å². The van der Waals surface area contributed by atoms with Crippen molar-refractivity contribution in [3.8, 4) is 0 Å². The Kier molecular flexibility index (Phi) is 7.49. The number of aromatic nitrogens is 2. The first-order valence-corrected chi connectivity index (χ1v) is 9.86. The van der Waals surface area contributed by atoms with E-state index in [0.717, 1.165) is 23.5 Å². The van der Waals surface area contributed by atoms with Crippen molar-refractivity contribution in [3.63, 3.8) is 0 Å². The van der Waals surface area contributed by atoms with Gasteiger partial charge in [-0.05, 0) is 31.9 Å². The van der Waals surface area contributed by atoms with Crippen molar-refractivity contribution in [1.82, 2.24) is 14.7 Å². The second kappa shape index (κ2) is 9.43. The number of carbonyl (C=O) groups is 2. The molecule has 6 nitrogen and oxygen atoms in total. The summed E-state index contributed by atoms with van der Waals surface area (Å²) in [5, 5.41) is 7.89. The highest BCUT2D eigenvalue weighted by molar-refractivity contribution is 6.39. The highest BCUT2D eigenvalue weighted by Gasteiger charge is 2.20. The minimum Gasteiger partial charge on any atom is -0.336 e. The molecule has 2 amide bonds. The Labute approximate surface area is 175 Å². The summed E-state index contributed by atoms with van der Waals surface area (Å²) in [7, 11) is 1.60. The number of para-hydroxylation sites is 1. The highest BCUT2D eigenvalue weighted by Crippen LogP contribution is 2.29. The molecule has 152 valence electrons. The molecule has 1 aromatic heterocycles. The zero-order valence-electron chi connectivity index (χ0n) is 16.8. The average Bonchev–Trinajstić information content (AvgIpc) is 2.85. The molecular formula is C20H26Cl2N4O2. The van der Waals surface area contributed by atoms with E-state index in [1.165, 1.54) is 4.90 Å². The molecule has 1 N–H and O–H groups in total. The third-order valence-electron chi connectivity index (χ3n) is 4.43. The molecule has 2 aromatic rings. The Bertz CT molecular complexity index is 857. The first kappa shape index (κ1) is 22.2. The molecule has 0 atom stereocenters. The number of benzene rings is 1. The van der Waals surface area contributed by atoms with E-state index in [1.807, 2.05) is 18.5 Å². The molecule has 28 heavy (non-hydrogen) atoms. The van der Waals surface area contributed by atoms with E-state index in [-0.39, 0.29) is 24.8 Å². The van der Waals surface area contributed by atoms with Crippen LogP contribution in [0.5, 0.6) is 0 Å². The summed E-state index contributed by atoms with van der Waals surface area (Å²) < 4.78 is 1.94. The summed E-state index contributed by atoms with van der Waals surface area (Å²) in [6.07, 6.45) is 0.201. The Hall–Kier alpha value is -2.05. The Morgan fingerprint density at radius 3 is 2.39 bits per heavy atom. The quantitative estimate of drug-likeness (QED) is 0.726. The fraction of sp³-hybridized carbons (Fsp3) is 0.450. The molecule has 2 rings (SSSR count). The smallest absolute Gasteiger partial charge is 0.244 e. The molecule has 0 unspecified atom stereocenters. The number of likely N-dealkylation sites (N-methyl/N-ethyl adjacent to an activating group) is 1. The van der Waals surface area contributed by atoms with Gasteiger partial charge in [-0.15, -0.1) is 0 Å². The number of hydrogen-bond acceptors (Lipinski definition) is 3. The van der Waals surface area contributed by atoms with Gasteiger partial charge in [0, 0.05) is 24.8 Å². The lowest BCUT2D eigenvalue weighted by Crippen LogP contribution is -2.36. The van der Waals surface area contributed by atoms with Crippen molar-refractivity contribution in [2.45, 2.75) is 40.7 Å². The SMILES string of the molecule is Cc1nn(CC(C)C)c(C)c1CC(=O)N(C)CC(=O)Nc1c(Cl)cccc1Cl. The second-order valence-corrected chi connectivity index (χ2v) is 8.11. The number of aryl methyl sites for hydroxylation is 1. The van der Waals surface area contributed by atoms with Gasteiger partial charge in [0.1, 0.15) is 0 Å². The van der Waals surface area contributed by atoms with Gasteiger partial charge in [-0.1, -0.05) is 43.1 Å². The number of nitrogens with one attached hydrogen (secondary N) is 1. The van der Waals surface area contributed by atoms with Crippen molar-refractivity contribution in [2.75, 3.05) is 18.9 Å². The third-order valence-corrected chi connectivity index (χ3v) is 5.06. The number of amides is 2. The lowest BCUT2D eigenvalue weighted by atomic mass is 10.1. The molecule has 0 fully saturated rings. The maximum atomic E-state index is 12.6. The van der Waals surface area contributed by atoms with Gasteiger partial charge in [-0.3, -0.25) is 14.3 Å². The molecule has 1 aromatic carbocycles. The predicted molar refractivity (Wildman–Crippen MR) is 113 cm³/mol. The fourth-order valence-corrected chi connectivity index (χ4v) is 3.39. The maximum absolute atomic E-state index is 12.6. The minimum atomic E-state index is -0.366. The molecule has 0 bridgehead atoms. The van der Waals surface area contributed by atoms with Crippen LogP contribution in [-0.2, 0) is 22.6 Å². The van der Waals surface area contributed by atoms with Crippen molar-refractivity contribution >= 4 is 40.7 Å². The molecule has 1 heterocycles. The summed E-state index contributed by atoms with van der Waals surface area (Å²) in [4.78, 5) is 26.3. The van der Waals surface area contributed by atoms with E-state index in [9.17, 15) is 9.59 Å². The van der Waals surface area contributed by atoms with Crippen LogP contribution in [0.1, 0.15) is 30.8 Å².